The van der Waals surface area contributed by atoms with E-state index in [-0.39, 0.29) is 5.69 Å². The molecule has 0 fully saturated rings. The molecule has 1 N–H and O–H groups in total. The van der Waals surface area contributed by atoms with Crippen LogP contribution in [0, 0.1) is 0 Å². The number of benzene rings is 2. The highest BCUT2D eigenvalue weighted by molar-refractivity contribution is 6.04. The molecule has 0 radical (unpaired) electrons. The minimum atomic E-state index is -0.509. The molecule has 0 atom stereocenters. The standard InChI is InChI=1S/C24H22N4O6/c1-31-19-8-6-14(11-21(19)33-3)18-9-10-25-22-13-17(27-28(18)22)23(29)26-16-7-5-15(24(30)34-4)12-20(16)32-2/h5-13H,1-4H3,(H,26,29). The van der Waals surface area contributed by atoms with Crippen molar-refractivity contribution >= 4 is 23.2 Å². The number of nitrogens with one attached hydrogen (secondary N) is 1. The van der Waals surface area contributed by atoms with Gasteiger partial charge in [0.15, 0.2) is 22.8 Å². The first-order valence-electron chi connectivity index (χ1n) is 10.1. The van der Waals surface area contributed by atoms with Gasteiger partial charge < -0.3 is 24.3 Å². The summed E-state index contributed by atoms with van der Waals surface area (Å²) in [5.41, 5.74) is 2.84. The predicted molar refractivity (Wildman–Crippen MR) is 124 cm³/mol. The topological polar surface area (TPSA) is 113 Å². The smallest absolute Gasteiger partial charge is 0.337 e. The molecule has 2 heterocycles. The van der Waals surface area contributed by atoms with E-state index < -0.39 is 11.9 Å². The molecule has 0 bridgehead atoms. The van der Waals surface area contributed by atoms with Gasteiger partial charge in [-0.1, -0.05) is 0 Å². The summed E-state index contributed by atoms with van der Waals surface area (Å²) in [6, 6.07) is 13.4. The lowest BCUT2D eigenvalue weighted by Crippen LogP contribution is -2.14. The van der Waals surface area contributed by atoms with Gasteiger partial charge in [0.05, 0.1) is 45.4 Å². The zero-order valence-electron chi connectivity index (χ0n) is 19.0. The number of esters is 1. The first-order valence-corrected chi connectivity index (χ1v) is 10.1. The lowest BCUT2D eigenvalue weighted by molar-refractivity contribution is 0.0600. The van der Waals surface area contributed by atoms with Gasteiger partial charge in [-0.3, -0.25) is 4.79 Å². The van der Waals surface area contributed by atoms with E-state index in [1.54, 1.807) is 49.2 Å². The molecule has 1 amide bonds. The number of ether oxygens (including phenoxy) is 4. The first-order chi connectivity index (χ1) is 16.5. The summed E-state index contributed by atoms with van der Waals surface area (Å²) in [6.45, 7) is 0. The van der Waals surface area contributed by atoms with Crippen LogP contribution in [0.4, 0.5) is 5.69 Å². The lowest BCUT2D eigenvalue weighted by atomic mass is 10.1. The monoisotopic (exact) mass is 462 g/mol. The van der Waals surface area contributed by atoms with Gasteiger partial charge in [-0.05, 0) is 42.5 Å². The van der Waals surface area contributed by atoms with E-state index in [4.69, 9.17) is 18.9 Å². The highest BCUT2D eigenvalue weighted by atomic mass is 16.5. The van der Waals surface area contributed by atoms with Gasteiger partial charge in [0.2, 0.25) is 0 Å². The number of carbonyl (C=O) groups is 2. The van der Waals surface area contributed by atoms with Crippen molar-refractivity contribution < 1.29 is 28.5 Å². The number of anilines is 1. The molecular weight excluding hydrogens is 440 g/mol. The molecule has 10 nitrogen and oxygen atoms in total. The Morgan fingerprint density at radius 3 is 2.32 bits per heavy atom. The number of hydrogen-bond donors (Lipinski definition) is 1. The first kappa shape index (κ1) is 22.6. The van der Waals surface area contributed by atoms with Gasteiger partial charge in [0, 0.05) is 17.8 Å². The van der Waals surface area contributed by atoms with Crippen molar-refractivity contribution in [2.45, 2.75) is 0 Å². The Labute approximate surface area is 195 Å². The molecule has 0 aliphatic carbocycles. The van der Waals surface area contributed by atoms with Crippen molar-refractivity contribution in [3.05, 3.63) is 66.0 Å². The Balaban J connectivity index is 1.67. The van der Waals surface area contributed by atoms with E-state index in [0.29, 0.717) is 39.8 Å². The Bertz CT molecular complexity index is 1380. The zero-order valence-corrected chi connectivity index (χ0v) is 19.0. The van der Waals surface area contributed by atoms with Gasteiger partial charge in [-0.25, -0.2) is 14.3 Å². The molecular formula is C24H22N4O6. The van der Waals surface area contributed by atoms with Gasteiger partial charge in [0.25, 0.3) is 5.91 Å². The van der Waals surface area contributed by atoms with Crippen LogP contribution in [-0.2, 0) is 4.74 Å². The molecule has 0 saturated heterocycles. The third-order valence-corrected chi connectivity index (χ3v) is 5.14. The summed E-state index contributed by atoms with van der Waals surface area (Å²) in [7, 11) is 5.86. The second-order valence-electron chi connectivity index (χ2n) is 7.06. The van der Waals surface area contributed by atoms with E-state index in [0.717, 1.165) is 5.56 Å². The fourth-order valence-corrected chi connectivity index (χ4v) is 3.45. The summed E-state index contributed by atoms with van der Waals surface area (Å²) in [5, 5.41) is 7.21. The van der Waals surface area contributed by atoms with Gasteiger partial charge in [-0.2, -0.15) is 5.10 Å². The van der Waals surface area contributed by atoms with Crippen molar-refractivity contribution in [2.75, 3.05) is 33.8 Å². The van der Waals surface area contributed by atoms with Crippen LogP contribution >= 0.6 is 0 Å². The Hall–Kier alpha value is -4.60. The average molecular weight is 462 g/mol. The van der Waals surface area contributed by atoms with Crippen molar-refractivity contribution in [3.63, 3.8) is 0 Å². The number of aromatic nitrogens is 3. The highest BCUT2D eigenvalue weighted by Gasteiger charge is 2.18. The van der Waals surface area contributed by atoms with Crippen molar-refractivity contribution in [2.24, 2.45) is 0 Å². The second kappa shape index (κ2) is 9.49. The molecule has 4 aromatic rings. The lowest BCUT2D eigenvalue weighted by Gasteiger charge is -2.11. The molecule has 10 heteroatoms. The third-order valence-electron chi connectivity index (χ3n) is 5.14. The van der Waals surface area contributed by atoms with Gasteiger partial charge >= 0.3 is 5.97 Å². The predicted octanol–water partition coefficient (Wildman–Crippen LogP) is 3.46. The SMILES string of the molecule is COC(=O)c1ccc(NC(=O)c2cc3nccc(-c4ccc(OC)c(OC)c4)n3n2)c(OC)c1. The molecule has 2 aromatic carbocycles. The van der Waals surface area contributed by atoms with Gasteiger partial charge in [-0.15, -0.1) is 0 Å². The summed E-state index contributed by atoms with van der Waals surface area (Å²) >= 11 is 0. The second-order valence-corrected chi connectivity index (χ2v) is 7.06. The fraction of sp³-hybridized carbons (Fsp3) is 0.167. The van der Waals surface area contributed by atoms with Crippen molar-refractivity contribution in [1.82, 2.24) is 14.6 Å². The Morgan fingerprint density at radius 1 is 0.853 bits per heavy atom. The van der Waals surface area contributed by atoms with Crippen LogP contribution in [0.25, 0.3) is 16.9 Å². The summed E-state index contributed by atoms with van der Waals surface area (Å²) in [4.78, 5) is 29.0. The maximum absolute atomic E-state index is 13.0. The number of rotatable bonds is 7. The molecule has 34 heavy (non-hydrogen) atoms. The van der Waals surface area contributed by atoms with E-state index in [1.165, 1.54) is 26.4 Å². The molecule has 174 valence electrons. The quantitative estimate of drug-likeness (QED) is 0.416. The van der Waals surface area contributed by atoms with Crippen molar-refractivity contribution in [1.29, 1.82) is 0 Å². The largest absolute Gasteiger partial charge is 0.495 e. The normalized spacial score (nSPS) is 10.6. The number of fused-ring (bicyclic) bond motifs is 1. The van der Waals surface area contributed by atoms with E-state index in [1.807, 2.05) is 12.1 Å². The molecule has 0 spiro atoms. The van der Waals surface area contributed by atoms with Crippen LogP contribution in [0.15, 0.2) is 54.7 Å². The molecule has 2 aromatic heterocycles. The van der Waals surface area contributed by atoms with Crippen LogP contribution in [0.1, 0.15) is 20.8 Å². The minimum Gasteiger partial charge on any atom is -0.495 e. The molecule has 0 unspecified atom stereocenters. The van der Waals surface area contributed by atoms with Crippen LogP contribution in [-0.4, -0.2) is 54.9 Å². The number of hydrogen-bond acceptors (Lipinski definition) is 8. The highest BCUT2D eigenvalue weighted by Crippen LogP contribution is 2.32. The Morgan fingerprint density at radius 2 is 1.62 bits per heavy atom. The van der Waals surface area contributed by atoms with Crippen LogP contribution < -0.4 is 19.5 Å². The number of nitrogens with zero attached hydrogens (tertiary/aromatic N) is 3. The maximum Gasteiger partial charge on any atom is 0.337 e. The van der Waals surface area contributed by atoms with E-state index in [2.05, 4.69) is 15.4 Å². The minimum absolute atomic E-state index is 0.152. The third kappa shape index (κ3) is 4.20. The number of amides is 1. The molecule has 4 rings (SSSR count). The average Bonchev–Trinajstić information content (AvgIpc) is 3.32. The van der Waals surface area contributed by atoms with Crippen LogP contribution in [0.3, 0.4) is 0 Å². The maximum atomic E-state index is 13.0. The Kier molecular flexibility index (Phi) is 6.30. The van der Waals surface area contributed by atoms with E-state index in [9.17, 15) is 9.59 Å². The summed E-state index contributed by atoms with van der Waals surface area (Å²) in [5.74, 6) is 0.504. The molecule has 0 aliphatic heterocycles. The molecule has 0 aliphatic rings. The van der Waals surface area contributed by atoms with E-state index >= 15 is 0 Å². The van der Waals surface area contributed by atoms with Crippen LogP contribution in [0.5, 0.6) is 17.2 Å². The number of methoxy groups -OCH3 is 4. The van der Waals surface area contributed by atoms with Crippen LogP contribution in [0.2, 0.25) is 0 Å². The summed E-state index contributed by atoms with van der Waals surface area (Å²) in [6.07, 6.45) is 1.64. The summed E-state index contributed by atoms with van der Waals surface area (Å²) < 4.78 is 22.3. The van der Waals surface area contributed by atoms with Gasteiger partial charge in [0.1, 0.15) is 5.75 Å². The zero-order chi connectivity index (χ0) is 24.2. The number of carbonyl (C=O) groups excluding carboxylic acids is 2. The molecule has 0 saturated carbocycles. The van der Waals surface area contributed by atoms with Crippen molar-refractivity contribution in [3.8, 4) is 28.5 Å². The fourth-order valence-electron chi connectivity index (χ4n) is 3.45.